The van der Waals surface area contributed by atoms with Crippen LogP contribution in [0.15, 0.2) is 30.5 Å². The third-order valence-electron chi connectivity index (χ3n) is 6.72. The van der Waals surface area contributed by atoms with Crippen molar-refractivity contribution in [3.63, 3.8) is 0 Å². The van der Waals surface area contributed by atoms with Gasteiger partial charge in [0.25, 0.3) is 0 Å². The molecule has 1 amide bonds. The van der Waals surface area contributed by atoms with Crippen molar-refractivity contribution in [3.8, 4) is 0 Å². The fourth-order valence-corrected chi connectivity index (χ4v) is 4.78. The molecule has 0 atom stereocenters. The van der Waals surface area contributed by atoms with Gasteiger partial charge >= 0.3 is 24.6 Å². The van der Waals surface area contributed by atoms with E-state index in [1.165, 1.54) is 0 Å². The lowest BCUT2D eigenvalue weighted by atomic mass is 10.0. The van der Waals surface area contributed by atoms with Crippen molar-refractivity contribution >= 4 is 11.9 Å². The van der Waals surface area contributed by atoms with Gasteiger partial charge in [0, 0.05) is 31.4 Å². The van der Waals surface area contributed by atoms with Gasteiger partial charge in [0.15, 0.2) is 0 Å². The lowest BCUT2D eigenvalue weighted by Gasteiger charge is -2.30. The number of carbonyl (C=O) groups excluding carboxylic acids is 1. The molecule has 2 aromatic rings. The molecule has 0 bridgehead atoms. The van der Waals surface area contributed by atoms with Gasteiger partial charge in [0.1, 0.15) is 5.82 Å². The molecule has 5 nitrogen and oxygen atoms in total. The van der Waals surface area contributed by atoms with Crippen LogP contribution < -0.4 is 4.90 Å². The second-order valence-electron chi connectivity index (χ2n) is 9.63. The van der Waals surface area contributed by atoms with Crippen LogP contribution >= 0.6 is 0 Å². The van der Waals surface area contributed by atoms with E-state index in [9.17, 15) is 44.3 Å². The minimum Gasteiger partial charge on any atom is -0.453 e. The summed E-state index contributed by atoms with van der Waals surface area (Å²) in [6.45, 7) is 1.21. The maximum absolute atomic E-state index is 13.6. The number of pyridine rings is 1. The van der Waals surface area contributed by atoms with Crippen LogP contribution in [0.1, 0.15) is 60.4 Å². The first-order chi connectivity index (χ1) is 18.5. The fourth-order valence-electron chi connectivity index (χ4n) is 4.78. The molecule has 1 aromatic heterocycles. The normalized spacial score (nSPS) is 14.9. The van der Waals surface area contributed by atoms with Crippen LogP contribution in [0.5, 0.6) is 0 Å². The number of nitrogens with zero attached hydrogens (tertiary/aromatic N) is 3. The van der Waals surface area contributed by atoms with Gasteiger partial charge in [-0.25, -0.2) is 9.78 Å². The molecule has 0 spiro atoms. The Morgan fingerprint density at radius 1 is 0.875 bits per heavy atom. The van der Waals surface area contributed by atoms with Crippen LogP contribution in [0, 0.1) is 5.92 Å². The molecule has 1 aliphatic rings. The third kappa shape index (κ3) is 7.94. The van der Waals surface area contributed by atoms with Crippen LogP contribution in [0.4, 0.5) is 50.1 Å². The summed E-state index contributed by atoms with van der Waals surface area (Å²) in [6.07, 6.45) is -11.6. The van der Waals surface area contributed by atoms with Gasteiger partial charge in [-0.05, 0) is 55.5 Å². The number of amides is 1. The van der Waals surface area contributed by atoms with E-state index in [1.807, 2.05) is 0 Å². The molecule has 0 saturated heterocycles. The molecule has 40 heavy (non-hydrogen) atoms. The first-order valence-corrected chi connectivity index (χ1v) is 12.4. The van der Waals surface area contributed by atoms with Crippen molar-refractivity contribution in [2.24, 2.45) is 5.92 Å². The van der Waals surface area contributed by atoms with Crippen molar-refractivity contribution in [1.29, 1.82) is 0 Å². The van der Waals surface area contributed by atoms with Gasteiger partial charge in [-0.3, -0.25) is 4.90 Å². The zero-order valence-corrected chi connectivity index (χ0v) is 21.7. The Hall–Kier alpha value is -3.19. The predicted octanol–water partition coefficient (Wildman–Crippen LogP) is 7.92. The largest absolute Gasteiger partial charge is 0.453 e. The molecular formula is C26H28F9N3O2. The average Bonchev–Trinajstić information content (AvgIpc) is 3.38. The highest BCUT2D eigenvalue weighted by Crippen LogP contribution is 2.37. The van der Waals surface area contributed by atoms with Crippen LogP contribution in [0.2, 0.25) is 0 Å². The van der Waals surface area contributed by atoms with E-state index in [1.54, 1.807) is 11.8 Å². The number of hydrogen-bond acceptors (Lipinski definition) is 4. The zero-order chi connectivity index (χ0) is 29.9. The summed E-state index contributed by atoms with van der Waals surface area (Å²) >= 11 is 0. The van der Waals surface area contributed by atoms with E-state index in [4.69, 9.17) is 0 Å². The highest BCUT2D eigenvalue weighted by atomic mass is 19.4. The molecule has 1 saturated carbocycles. The summed E-state index contributed by atoms with van der Waals surface area (Å²) in [4.78, 5) is 19.1. The van der Waals surface area contributed by atoms with E-state index in [-0.39, 0.29) is 23.4 Å². The molecule has 0 unspecified atom stereocenters. The molecule has 14 heteroatoms. The molecule has 0 aliphatic heterocycles. The topological polar surface area (TPSA) is 45.7 Å². The van der Waals surface area contributed by atoms with Crippen molar-refractivity contribution in [2.75, 3.05) is 25.1 Å². The number of alkyl halides is 9. The second kappa shape index (κ2) is 12.1. The van der Waals surface area contributed by atoms with Gasteiger partial charge in [0.2, 0.25) is 0 Å². The molecule has 222 valence electrons. The highest BCUT2D eigenvalue weighted by molar-refractivity contribution is 5.68. The Balaban J connectivity index is 2.05. The van der Waals surface area contributed by atoms with Crippen molar-refractivity contribution in [1.82, 2.24) is 9.88 Å². The Morgan fingerprint density at radius 2 is 1.43 bits per heavy atom. The monoisotopic (exact) mass is 585 g/mol. The van der Waals surface area contributed by atoms with Crippen molar-refractivity contribution in [3.05, 3.63) is 58.3 Å². The summed E-state index contributed by atoms with van der Waals surface area (Å²) in [5.74, 6) is 0.413. The molecule has 0 N–H and O–H groups in total. The van der Waals surface area contributed by atoms with Crippen LogP contribution in [-0.4, -0.2) is 36.2 Å². The van der Waals surface area contributed by atoms with Gasteiger partial charge < -0.3 is 9.64 Å². The van der Waals surface area contributed by atoms with Gasteiger partial charge in [-0.15, -0.1) is 0 Å². The van der Waals surface area contributed by atoms with Gasteiger partial charge in [0.05, 0.1) is 30.3 Å². The highest BCUT2D eigenvalue weighted by Gasteiger charge is 2.37. The Labute approximate surface area is 224 Å². The molecule has 1 aromatic carbocycles. The molecule has 1 heterocycles. The first-order valence-electron chi connectivity index (χ1n) is 12.4. The fraction of sp³-hybridized carbons (Fsp3) is 0.538. The molecule has 1 aliphatic carbocycles. The summed E-state index contributed by atoms with van der Waals surface area (Å²) in [6, 6.07) is 1.63. The number of carbonyl (C=O) groups is 1. The number of rotatable bonds is 8. The second-order valence-corrected chi connectivity index (χ2v) is 9.63. The summed E-state index contributed by atoms with van der Waals surface area (Å²) in [7, 11) is 0.937. The number of aromatic nitrogens is 1. The lowest BCUT2D eigenvalue weighted by Crippen LogP contribution is -2.34. The minimum absolute atomic E-state index is 0.0526. The van der Waals surface area contributed by atoms with E-state index in [0.717, 1.165) is 43.8 Å². The zero-order valence-electron chi connectivity index (χ0n) is 21.7. The standard InChI is InChI=1S/C26H28F9N3O2/c1-3-37(13-16-6-4-5-7-16)22-18(10-21(12-36-22)26(33,34)35)15-38(23(39)40-2)14-17-8-19(24(27,28)29)11-20(9-17)25(30,31)32/h8-12,16H,3-7,13-15H2,1-2H3. The van der Waals surface area contributed by atoms with Crippen LogP contribution in [0.25, 0.3) is 0 Å². The molecule has 3 rings (SSSR count). The maximum atomic E-state index is 13.6. The van der Waals surface area contributed by atoms with Gasteiger partial charge in [-0.1, -0.05) is 12.8 Å². The predicted molar refractivity (Wildman–Crippen MR) is 127 cm³/mol. The summed E-state index contributed by atoms with van der Waals surface area (Å²) in [5, 5.41) is 0. The number of anilines is 1. The van der Waals surface area contributed by atoms with E-state index in [0.29, 0.717) is 31.4 Å². The average molecular weight is 586 g/mol. The summed E-state index contributed by atoms with van der Waals surface area (Å²) < 4.78 is 125. The number of methoxy groups -OCH3 is 1. The van der Waals surface area contributed by atoms with Crippen LogP contribution in [0.3, 0.4) is 0 Å². The van der Waals surface area contributed by atoms with E-state index >= 15 is 0 Å². The number of hydrogen-bond donors (Lipinski definition) is 0. The van der Waals surface area contributed by atoms with Crippen molar-refractivity contribution in [2.45, 2.75) is 64.2 Å². The molecular weight excluding hydrogens is 557 g/mol. The quantitative estimate of drug-likeness (QED) is 0.295. The molecule has 0 radical (unpaired) electrons. The van der Waals surface area contributed by atoms with Crippen molar-refractivity contribution < 1.29 is 49.0 Å². The molecule has 1 fully saturated rings. The number of ether oxygens (including phenoxy) is 1. The smallest absolute Gasteiger partial charge is 0.417 e. The van der Waals surface area contributed by atoms with E-state index < -0.39 is 60.0 Å². The Bertz CT molecular complexity index is 1140. The van der Waals surface area contributed by atoms with E-state index in [2.05, 4.69) is 9.72 Å². The number of halogens is 9. The lowest BCUT2D eigenvalue weighted by molar-refractivity contribution is -0.143. The third-order valence-corrected chi connectivity index (χ3v) is 6.72. The minimum atomic E-state index is -5.12. The SMILES string of the molecule is CCN(CC1CCCC1)c1ncc(C(F)(F)F)cc1CN(Cc1cc(C(F)(F)F)cc(C(F)(F)F)c1)C(=O)OC. The Kier molecular flexibility index (Phi) is 9.50. The first kappa shape index (κ1) is 31.3. The number of benzene rings is 1. The summed E-state index contributed by atoms with van der Waals surface area (Å²) in [5.41, 5.74) is -4.91. The van der Waals surface area contributed by atoms with Gasteiger partial charge in [-0.2, -0.15) is 39.5 Å². The maximum Gasteiger partial charge on any atom is 0.417 e. The van der Waals surface area contributed by atoms with Crippen LogP contribution in [-0.2, 0) is 36.4 Å². The Morgan fingerprint density at radius 3 is 1.90 bits per heavy atom.